The van der Waals surface area contributed by atoms with Crippen LogP contribution in [-0.4, -0.2) is 32.6 Å². The van der Waals surface area contributed by atoms with Gasteiger partial charge in [-0.15, -0.1) is 0 Å². The fourth-order valence-electron chi connectivity index (χ4n) is 2.34. The molecule has 0 bridgehead atoms. The van der Waals surface area contributed by atoms with E-state index < -0.39 is 20.8 Å². The summed E-state index contributed by atoms with van der Waals surface area (Å²) in [5.74, 6) is 0.511. The predicted octanol–water partition coefficient (Wildman–Crippen LogP) is 1.73. The lowest BCUT2D eigenvalue weighted by Crippen LogP contribution is -2.34. The number of methoxy groups -OCH3 is 2. The number of rotatable bonds is 6. The summed E-state index contributed by atoms with van der Waals surface area (Å²) in [6, 6.07) is 5.71. The van der Waals surface area contributed by atoms with Crippen molar-refractivity contribution in [2.45, 2.75) is 18.6 Å². The van der Waals surface area contributed by atoms with Gasteiger partial charge < -0.3 is 9.47 Å². The molecule has 0 aliphatic carbocycles. The van der Waals surface area contributed by atoms with Crippen molar-refractivity contribution in [3.05, 3.63) is 46.8 Å². The second-order valence-corrected chi connectivity index (χ2v) is 6.82. The molecule has 0 fully saturated rings. The van der Waals surface area contributed by atoms with Crippen LogP contribution in [-0.2, 0) is 21.7 Å². The summed E-state index contributed by atoms with van der Waals surface area (Å²) in [5.41, 5.74) is -0.552. The van der Waals surface area contributed by atoms with Crippen molar-refractivity contribution in [2.24, 2.45) is 5.14 Å². The number of benzene rings is 1. The van der Waals surface area contributed by atoms with E-state index in [1.807, 2.05) is 0 Å². The standard InChI is InChI=1S/C15H17F2N3O4S/c1-9-5-4-6-10(14(9)15(16,17)25(18,21)22)7-11-19-12(23-2)8-13(20-11)24-3/h4-6,8H,7H2,1-3H3,(H2,18,21,22). The Bertz CT molecular complexity index is 866. The van der Waals surface area contributed by atoms with Crippen molar-refractivity contribution in [3.63, 3.8) is 0 Å². The Balaban J connectivity index is 2.58. The molecule has 0 aliphatic heterocycles. The zero-order chi connectivity index (χ0) is 18.8. The molecule has 2 N–H and O–H groups in total. The number of aryl methyl sites for hydroxylation is 1. The van der Waals surface area contributed by atoms with Crippen LogP contribution in [0.4, 0.5) is 8.78 Å². The van der Waals surface area contributed by atoms with Crippen LogP contribution in [0.5, 0.6) is 11.8 Å². The molecule has 1 aromatic carbocycles. The molecule has 1 aromatic heterocycles. The average molecular weight is 373 g/mol. The first-order chi connectivity index (χ1) is 11.6. The van der Waals surface area contributed by atoms with Crippen LogP contribution in [0.15, 0.2) is 24.3 Å². The van der Waals surface area contributed by atoms with Gasteiger partial charge in [-0.25, -0.2) is 13.6 Å². The molecule has 10 heteroatoms. The summed E-state index contributed by atoms with van der Waals surface area (Å²) in [6.45, 7) is 1.38. The van der Waals surface area contributed by atoms with Crippen molar-refractivity contribution in [1.29, 1.82) is 0 Å². The summed E-state index contributed by atoms with van der Waals surface area (Å²) < 4.78 is 61.5. The number of ether oxygens (including phenoxy) is 2. The van der Waals surface area contributed by atoms with Gasteiger partial charge >= 0.3 is 5.25 Å². The number of hydrogen-bond acceptors (Lipinski definition) is 6. The normalized spacial score (nSPS) is 12.1. The third-order valence-electron chi connectivity index (χ3n) is 3.50. The first-order valence-electron chi connectivity index (χ1n) is 7.05. The fraction of sp³-hybridized carbons (Fsp3) is 0.333. The number of nitrogens with two attached hydrogens (primary N) is 1. The molecule has 136 valence electrons. The highest BCUT2D eigenvalue weighted by Crippen LogP contribution is 2.37. The molecule has 0 saturated carbocycles. The van der Waals surface area contributed by atoms with Crippen LogP contribution in [0.25, 0.3) is 0 Å². The zero-order valence-electron chi connectivity index (χ0n) is 13.8. The lowest BCUT2D eigenvalue weighted by molar-refractivity contribution is 0.0889. The third kappa shape index (κ3) is 3.85. The van der Waals surface area contributed by atoms with Gasteiger partial charge in [0.25, 0.3) is 10.0 Å². The molecular formula is C15H17F2N3O4S. The van der Waals surface area contributed by atoms with Crippen molar-refractivity contribution >= 4 is 10.0 Å². The molecule has 1 heterocycles. The van der Waals surface area contributed by atoms with Gasteiger partial charge in [0.1, 0.15) is 5.82 Å². The maximum Gasteiger partial charge on any atom is 0.384 e. The maximum absolute atomic E-state index is 14.4. The van der Waals surface area contributed by atoms with Gasteiger partial charge in [0, 0.05) is 12.0 Å². The summed E-state index contributed by atoms with van der Waals surface area (Å²) in [7, 11) is -2.37. The number of nitrogens with zero attached hydrogens (tertiary/aromatic N) is 2. The van der Waals surface area contributed by atoms with Gasteiger partial charge in [-0.1, -0.05) is 18.2 Å². The highest BCUT2D eigenvalue weighted by molar-refractivity contribution is 7.89. The molecule has 0 spiro atoms. The molecule has 2 rings (SSSR count). The first-order valence-corrected chi connectivity index (χ1v) is 8.60. The van der Waals surface area contributed by atoms with Crippen molar-refractivity contribution in [1.82, 2.24) is 9.97 Å². The number of alkyl halides is 2. The van der Waals surface area contributed by atoms with E-state index in [4.69, 9.17) is 14.6 Å². The van der Waals surface area contributed by atoms with Gasteiger partial charge in [0.2, 0.25) is 11.8 Å². The minimum Gasteiger partial charge on any atom is -0.481 e. The number of halogens is 2. The van der Waals surface area contributed by atoms with Crippen LogP contribution < -0.4 is 14.6 Å². The fourth-order valence-corrected chi connectivity index (χ4v) is 2.92. The lowest BCUT2D eigenvalue weighted by Gasteiger charge is -2.20. The third-order valence-corrected chi connectivity index (χ3v) is 4.42. The zero-order valence-corrected chi connectivity index (χ0v) is 14.6. The Labute approximate surface area is 143 Å². The van der Waals surface area contributed by atoms with E-state index in [0.717, 1.165) is 0 Å². The second-order valence-electron chi connectivity index (χ2n) is 5.22. The second kappa shape index (κ2) is 6.89. The summed E-state index contributed by atoms with van der Waals surface area (Å²) in [5, 5.41) is 0.479. The van der Waals surface area contributed by atoms with E-state index in [2.05, 4.69) is 9.97 Å². The number of aromatic nitrogens is 2. The van der Waals surface area contributed by atoms with Crippen LogP contribution >= 0.6 is 0 Å². The van der Waals surface area contributed by atoms with Crippen molar-refractivity contribution < 1.29 is 26.7 Å². The SMILES string of the molecule is COc1cc(OC)nc(Cc2cccc(C)c2C(F)(F)S(N)(=O)=O)n1. The number of sulfonamides is 1. The monoisotopic (exact) mass is 373 g/mol. The van der Waals surface area contributed by atoms with Gasteiger partial charge in [0.05, 0.1) is 20.3 Å². The van der Waals surface area contributed by atoms with E-state index >= 15 is 0 Å². The minimum absolute atomic E-state index is 0.0364. The summed E-state index contributed by atoms with van der Waals surface area (Å²) >= 11 is 0. The smallest absolute Gasteiger partial charge is 0.384 e. The molecule has 0 saturated heterocycles. The predicted molar refractivity (Wildman–Crippen MR) is 86.1 cm³/mol. The minimum atomic E-state index is -5.14. The van der Waals surface area contributed by atoms with Gasteiger partial charge in [0.15, 0.2) is 0 Å². The summed E-state index contributed by atoms with van der Waals surface area (Å²) in [4.78, 5) is 8.14. The Morgan fingerprint density at radius 2 is 1.72 bits per heavy atom. The molecule has 0 atom stereocenters. The van der Waals surface area contributed by atoms with E-state index in [9.17, 15) is 17.2 Å². The van der Waals surface area contributed by atoms with Crippen LogP contribution in [0, 0.1) is 6.92 Å². The van der Waals surface area contributed by atoms with E-state index in [1.54, 1.807) is 0 Å². The molecule has 2 aromatic rings. The number of primary sulfonamides is 1. The van der Waals surface area contributed by atoms with Crippen molar-refractivity contribution in [2.75, 3.05) is 14.2 Å². The Hall–Kier alpha value is -2.33. The maximum atomic E-state index is 14.4. The van der Waals surface area contributed by atoms with E-state index in [-0.39, 0.29) is 35.1 Å². The average Bonchev–Trinajstić information content (AvgIpc) is 2.53. The Kier molecular flexibility index (Phi) is 5.23. The van der Waals surface area contributed by atoms with Crippen LogP contribution in [0.2, 0.25) is 0 Å². The molecule has 0 unspecified atom stereocenters. The lowest BCUT2D eigenvalue weighted by atomic mass is 9.99. The van der Waals surface area contributed by atoms with Gasteiger partial charge in [-0.05, 0) is 18.1 Å². The van der Waals surface area contributed by atoms with Crippen LogP contribution in [0.1, 0.15) is 22.5 Å². The highest BCUT2D eigenvalue weighted by Gasteiger charge is 2.47. The molecule has 0 radical (unpaired) electrons. The molecule has 25 heavy (non-hydrogen) atoms. The first kappa shape index (κ1) is 19.0. The van der Waals surface area contributed by atoms with Gasteiger partial charge in [-0.2, -0.15) is 18.7 Å². The largest absolute Gasteiger partial charge is 0.481 e. The topological polar surface area (TPSA) is 104 Å². The molecule has 0 amide bonds. The molecular weight excluding hydrogens is 356 g/mol. The number of hydrogen-bond donors (Lipinski definition) is 1. The quantitative estimate of drug-likeness (QED) is 0.827. The van der Waals surface area contributed by atoms with Crippen molar-refractivity contribution in [3.8, 4) is 11.8 Å². The Morgan fingerprint density at radius 3 is 2.20 bits per heavy atom. The van der Waals surface area contributed by atoms with Crippen LogP contribution in [0.3, 0.4) is 0 Å². The highest BCUT2D eigenvalue weighted by atomic mass is 32.2. The molecule has 7 nitrogen and oxygen atoms in total. The van der Waals surface area contributed by atoms with E-state index in [0.29, 0.717) is 0 Å². The Morgan fingerprint density at radius 1 is 1.16 bits per heavy atom. The van der Waals surface area contributed by atoms with Gasteiger partial charge in [-0.3, -0.25) is 0 Å². The van der Waals surface area contributed by atoms with E-state index in [1.165, 1.54) is 45.4 Å². The summed E-state index contributed by atoms with van der Waals surface area (Å²) in [6.07, 6.45) is -0.157. The molecule has 0 aliphatic rings.